The number of aliphatic hydroxyl groups is 1. The highest BCUT2D eigenvalue weighted by atomic mass is 32.2. The molecule has 5 nitrogen and oxygen atoms in total. The lowest BCUT2D eigenvalue weighted by atomic mass is 10.3. The van der Waals surface area contributed by atoms with Crippen LogP contribution in [0.15, 0.2) is 24.3 Å². The van der Waals surface area contributed by atoms with Crippen molar-refractivity contribution in [3.63, 3.8) is 0 Å². The van der Waals surface area contributed by atoms with Gasteiger partial charge in [-0.05, 0) is 24.3 Å². The average molecular weight is 231 g/mol. The van der Waals surface area contributed by atoms with Crippen LogP contribution in [0.1, 0.15) is 0 Å². The molecular formula is C9H13NO4S. The van der Waals surface area contributed by atoms with Gasteiger partial charge in [0.1, 0.15) is 5.75 Å². The van der Waals surface area contributed by atoms with Crippen LogP contribution in [0.25, 0.3) is 0 Å². The number of hydrogen-bond donors (Lipinski definition) is 2. The molecule has 0 atom stereocenters. The molecule has 1 rings (SSSR count). The molecule has 2 N–H and O–H groups in total. The fraction of sp³-hybridized carbons (Fsp3) is 0.333. The largest absolute Gasteiger partial charge is 0.497 e. The Morgan fingerprint density at radius 2 is 1.93 bits per heavy atom. The van der Waals surface area contributed by atoms with Gasteiger partial charge in [0.25, 0.3) is 0 Å². The highest BCUT2D eigenvalue weighted by molar-refractivity contribution is 7.92. The van der Waals surface area contributed by atoms with Gasteiger partial charge in [-0.3, -0.25) is 4.72 Å². The molecule has 0 aliphatic rings. The van der Waals surface area contributed by atoms with Crippen LogP contribution in [0.3, 0.4) is 0 Å². The highest BCUT2D eigenvalue weighted by Gasteiger charge is 2.08. The fourth-order valence-electron chi connectivity index (χ4n) is 1.01. The van der Waals surface area contributed by atoms with E-state index in [2.05, 4.69) is 4.72 Å². The zero-order chi connectivity index (χ0) is 11.3. The minimum absolute atomic E-state index is 0.307. The van der Waals surface area contributed by atoms with E-state index in [4.69, 9.17) is 9.84 Å². The van der Waals surface area contributed by atoms with Crippen LogP contribution in [0, 0.1) is 0 Å². The second kappa shape index (κ2) is 4.99. The van der Waals surface area contributed by atoms with E-state index in [0.29, 0.717) is 11.4 Å². The second-order valence-corrected chi connectivity index (χ2v) is 4.71. The Labute approximate surface area is 88.7 Å². The van der Waals surface area contributed by atoms with Crippen molar-refractivity contribution < 1.29 is 18.3 Å². The summed E-state index contributed by atoms with van der Waals surface area (Å²) in [6.45, 7) is -0.397. The Balaban J connectivity index is 2.73. The lowest BCUT2D eigenvalue weighted by Crippen LogP contribution is -2.18. The van der Waals surface area contributed by atoms with Crippen LogP contribution in [0.2, 0.25) is 0 Å². The van der Waals surface area contributed by atoms with E-state index in [0.717, 1.165) is 0 Å². The summed E-state index contributed by atoms with van der Waals surface area (Å²) in [6, 6.07) is 6.48. The third-order valence-electron chi connectivity index (χ3n) is 1.72. The number of aliphatic hydroxyl groups excluding tert-OH is 1. The number of rotatable bonds is 5. The van der Waals surface area contributed by atoms with Gasteiger partial charge in [-0.15, -0.1) is 0 Å². The number of sulfonamides is 1. The van der Waals surface area contributed by atoms with E-state index in [1.165, 1.54) is 7.11 Å². The van der Waals surface area contributed by atoms with Crippen LogP contribution < -0.4 is 9.46 Å². The maximum Gasteiger partial charge on any atom is 0.234 e. The monoisotopic (exact) mass is 231 g/mol. The molecule has 0 saturated heterocycles. The van der Waals surface area contributed by atoms with Gasteiger partial charge in [-0.1, -0.05) is 0 Å². The van der Waals surface area contributed by atoms with Crippen molar-refractivity contribution in [2.45, 2.75) is 0 Å². The van der Waals surface area contributed by atoms with E-state index in [1.54, 1.807) is 24.3 Å². The van der Waals surface area contributed by atoms with Crippen LogP contribution in [0.5, 0.6) is 5.75 Å². The molecule has 0 saturated carbocycles. The average Bonchev–Trinajstić information content (AvgIpc) is 2.18. The molecule has 6 heteroatoms. The molecule has 15 heavy (non-hydrogen) atoms. The maximum absolute atomic E-state index is 11.3. The zero-order valence-electron chi connectivity index (χ0n) is 8.30. The normalized spacial score (nSPS) is 11.1. The molecule has 0 unspecified atom stereocenters. The van der Waals surface area contributed by atoms with Crippen LogP contribution in [0.4, 0.5) is 5.69 Å². The molecule has 84 valence electrons. The van der Waals surface area contributed by atoms with Crippen molar-refractivity contribution in [2.24, 2.45) is 0 Å². The van der Waals surface area contributed by atoms with E-state index in [1.807, 2.05) is 0 Å². The first-order valence-corrected chi connectivity index (χ1v) is 5.98. The summed E-state index contributed by atoms with van der Waals surface area (Å²) in [7, 11) is -1.91. The Bertz CT molecular complexity index is 399. The number of ether oxygens (including phenoxy) is 1. The van der Waals surface area contributed by atoms with Crippen molar-refractivity contribution in [1.82, 2.24) is 0 Å². The molecule has 1 aromatic rings. The minimum Gasteiger partial charge on any atom is -0.497 e. The summed E-state index contributed by atoms with van der Waals surface area (Å²) in [6.07, 6.45) is 0. The summed E-state index contributed by atoms with van der Waals surface area (Å²) in [5, 5.41) is 8.52. The lowest BCUT2D eigenvalue weighted by molar-refractivity contribution is 0.320. The molecule has 0 aliphatic carbocycles. The lowest BCUT2D eigenvalue weighted by Gasteiger charge is -2.07. The number of nitrogens with one attached hydrogen (secondary N) is 1. The van der Waals surface area contributed by atoms with Gasteiger partial charge in [0.2, 0.25) is 10.0 Å². The van der Waals surface area contributed by atoms with Gasteiger partial charge < -0.3 is 9.84 Å². The zero-order valence-corrected chi connectivity index (χ0v) is 9.12. The number of benzene rings is 1. The molecule has 0 fully saturated rings. The van der Waals surface area contributed by atoms with Crippen molar-refractivity contribution >= 4 is 15.7 Å². The Morgan fingerprint density at radius 3 is 2.40 bits per heavy atom. The number of methoxy groups -OCH3 is 1. The SMILES string of the molecule is COc1ccc(NS(=O)(=O)CCO)cc1. The second-order valence-electron chi connectivity index (χ2n) is 2.87. The maximum atomic E-state index is 11.3. The van der Waals surface area contributed by atoms with Gasteiger partial charge in [0, 0.05) is 5.69 Å². The van der Waals surface area contributed by atoms with Crippen molar-refractivity contribution in [3.8, 4) is 5.75 Å². The predicted octanol–water partition coefficient (Wildman–Crippen LogP) is 0.429. The molecule has 0 radical (unpaired) electrons. The van der Waals surface area contributed by atoms with Gasteiger partial charge in [0.05, 0.1) is 19.5 Å². The van der Waals surface area contributed by atoms with Gasteiger partial charge in [-0.25, -0.2) is 8.42 Å². The topological polar surface area (TPSA) is 75.6 Å². The third kappa shape index (κ3) is 3.77. The highest BCUT2D eigenvalue weighted by Crippen LogP contribution is 2.15. The first kappa shape index (κ1) is 11.8. The smallest absolute Gasteiger partial charge is 0.234 e. The van der Waals surface area contributed by atoms with Crippen molar-refractivity contribution in [2.75, 3.05) is 24.2 Å². The number of hydrogen-bond acceptors (Lipinski definition) is 4. The molecule has 0 spiro atoms. The molecule has 0 heterocycles. The van der Waals surface area contributed by atoms with Crippen molar-refractivity contribution in [3.05, 3.63) is 24.3 Å². The van der Waals surface area contributed by atoms with Crippen LogP contribution in [-0.4, -0.2) is 33.0 Å². The molecule has 0 aromatic heterocycles. The molecule has 0 amide bonds. The first-order valence-electron chi connectivity index (χ1n) is 4.33. The summed E-state index contributed by atoms with van der Waals surface area (Å²) in [5.41, 5.74) is 0.448. The number of anilines is 1. The Kier molecular flexibility index (Phi) is 3.93. The Hall–Kier alpha value is -1.27. The van der Waals surface area contributed by atoms with E-state index in [-0.39, 0.29) is 5.75 Å². The van der Waals surface area contributed by atoms with Crippen LogP contribution in [-0.2, 0) is 10.0 Å². The Morgan fingerprint density at radius 1 is 1.33 bits per heavy atom. The quantitative estimate of drug-likeness (QED) is 0.770. The van der Waals surface area contributed by atoms with E-state index < -0.39 is 16.6 Å². The third-order valence-corrected chi connectivity index (χ3v) is 2.99. The molecule has 0 bridgehead atoms. The van der Waals surface area contributed by atoms with Gasteiger partial charge >= 0.3 is 0 Å². The van der Waals surface area contributed by atoms with E-state index in [9.17, 15) is 8.42 Å². The summed E-state index contributed by atoms with van der Waals surface area (Å²) < 4.78 is 29.8. The van der Waals surface area contributed by atoms with Crippen molar-refractivity contribution in [1.29, 1.82) is 0 Å². The summed E-state index contributed by atoms with van der Waals surface area (Å²) in [5.74, 6) is 0.346. The summed E-state index contributed by atoms with van der Waals surface area (Å²) in [4.78, 5) is 0. The molecule has 1 aromatic carbocycles. The van der Waals surface area contributed by atoms with Gasteiger partial charge in [0.15, 0.2) is 0 Å². The fourth-order valence-corrected chi connectivity index (χ4v) is 1.85. The van der Waals surface area contributed by atoms with Gasteiger partial charge in [-0.2, -0.15) is 0 Å². The van der Waals surface area contributed by atoms with E-state index >= 15 is 0 Å². The molecular weight excluding hydrogens is 218 g/mol. The first-order chi connectivity index (χ1) is 7.07. The standard InChI is InChI=1S/C9H13NO4S/c1-14-9-4-2-8(3-5-9)10-15(12,13)7-6-11/h2-5,10-11H,6-7H2,1H3. The molecule has 0 aliphatic heterocycles. The summed E-state index contributed by atoms with van der Waals surface area (Å²) >= 11 is 0. The minimum atomic E-state index is -3.45. The predicted molar refractivity (Wildman–Crippen MR) is 57.5 cm³/mol. The van der Waals surface area contributed by atoms with Crippen LogP contribution >= 0.6 is 0 Å².